The van der Waals surface area contributed by atoms with Gasteiger partial charge in [0.15, 0.2) is 0 Å². The van der Waals surface area contributed by atoms with Crippen LogP contribution < -0.4 is 11.1 Å². The minimum Gasteiger partial charge on any atom is -0.396 e. The quantitative estimate of drug-likeness (QED) is 0.712. The lowest BCUT2D eigenvalue weighted by Crippen LogP contribution is -2.29. The number of anilines is 1. The molecular weight excluding hydrogens is 188 g/mol. The summed E-state index contributed by atoms with van der Waals surface area (Å²) in [6, 6.07) is 3.75. The summed E-state index contributed by atoms with van der Waals surface area (Å²) >= 11 is 0. The number of nitrogens with zero attached hydrogens (tertiary/aromatic N) is 2. The van der Waals surface area contributed by atoms with Crippen molar-refractivity contribution in [1.29, 1.82) is 5.26 Å². The predicted molar refractivity (Wildman–Crippen MR) is 58.2 cm³/mol. The Labute approximate surface area is 89.1 Å². The molecular formula is C11H14N4. The summed E-state index contributed by atoms with van der Waals surface area (Å²) in [5.41, 5.74) is 7.87. The van der Waals surface area contributed by atoms with E-state index in [-0.39, 0.29) is 0 Å². The van der Waals surface area contributed by atoms with E-state index in [0.717, 1.165) is 31.6 Å². The minimum absolute atomic E-state index is 0.354. The van der Waals surface area contributed by atoms with Crippen LogP contribution in [0.15, 0.2) is 12.3 Å². The summed E-state index contributed by atoms with van der Waals surface area (Å²) in [5, 5.41) is 12.2. The number of rotatable bonds is 1. The number of nitrogens with two attached hydrogens (primary N) is 1. The predicted octanol–water partition coefficient (Wildman–Crippen LogP) is 1.00. The Hall–Kier alpha value is -1.60. The maximum absolute atomic E-state index is 8.87. The van der Waals surface area contributed by atoms with Crippen molar-refractivity contribution < 1.29 is 0 Å². The fourth-order valence-electron chi connectivity index (χ4n) is 2.00. The first-order chi connectivity index (χ1) is 7.33. The van der Waals surface area contributed by atoms with E-state index in [9.17, 15) is 0 Å². The van der Waals surface area contributed by atoms with E-state index >= 15 is 0 Å². The SMILES string of the molecule is N#Cc1ccnc(C2CCCNC2)c1N. The van der Waals surface area contributed by atoms with Crippen molar-refractivity contribution in [3.63, 3.8) is 0 Å². The molecule has 0 radical (unpaired) electrons. The summed E-state index contributed by atoms with van der Waals surface area (Å²) in [4.78, 5) is 4.29. The highest BCUT2D eigenvalue weighted by molar-refractivity contribution is 5.57. The van der Waals surface area contributed by atoms with Gasteiger partial charge in [-0.15, -0.1) is 0 Å². The van der Waals surface area contributed by atoms with Gasteiger partial charge in [0.1, 0.15) is 6.07 Å². The van der Waals surface area contributed by atoms with Crippen molar-refractivity contribution in [2.45, 2.75) is 18.8 Å². The van der Waals surface area contributed by atoms with Crippen molar-refractivity contribution >= 4 is 5.69 Å². The molecule has 1 aromatic heterocycles. The molecule has 1 aliphatic rings. The molecule has 0 aromatic carbocycles. The smallest absolute Gasteiger partial charge is 0.101 e. The van der Waals surface area contributed by atoms with Gasteiger partial charge in [-0.05, 0) is 25.5 Å². The lowest BCUT2D eigenvalue weighted by atomic mass is 9.93. The number of aromatic nitrogens is 1. The number of pyridine rings is 1. The molecule has 0 bridgehead atoms. The average molecular weight is 202 g/mol. The van der Waals surface area contributed by atoms with E-state index in [0.29, 0.717) is 17.2 Å². The topological polar surface area (TPSA) is 74.7 Å². The Kier molecular flexibility index (Phi) is 2.84. The summed E-state index contributed by atoms with van der Waals surface area (Å²) in [5.74, 6) is 0.354. The summed E-state index contributed by atoms with van der Waals surface area (Å²) in [7, 11) is 0. The van der Waals surface area contributed by atoms with Crippen LogP contribution in [0.4, 0.5) is 5.69 Å². The normalized spacial score (nSPS) is 20.9. The third-order valence-electron chi connectivity index (χ3n) is 2.82. The van der Waals surface area contributed by atoms with Crippen molar-refractivity contribution in [3.8, 4) is 6.07 Å². The molecule has 1 aromatic rings. The standard InChI is InChI=1S/C11H14N4/c12-6-8-3-5-15-11(10(8)13)9-2-1-4-14-7-9/h3,5,9,14H,1-2,4,7,13H2. The lowest BCUT2D eigenvalue weighted by molar-refractivity contribution is 0.455. The van der Waals surface area contributed by atoms with Gasteiger partial charge in [-0.1, -0.05) is 0 Å². The van der Waals surface area contributed by atoms with Crippen LogP contribution in [0.2, 0.25) is 0 Å². The summed E-state index contributed by atoms with van der Waals surface area (Å²) in [6.07, 6.45) is 3.90. The van der Waals surface area contributed by atoms with Gasteiger partial charge >= 0.3 is 0 Å². The number of nitriles is 1. The third-order valence-corrected chi connectivity index (χ3v) is 2.82. The highest BCUT2D eigenvalue weighted by Crippen LogP contribution is 2.27. The van der Waals surface area contributed by atoms with Crippen molar-refractivity contribution in [1.82, 2.24) is 10.3 Å². The molecule has 1 fully saturated rings. The largest absolute Gasteiger partial charge is 0.396 e. The van der Waals surface area contributed by atoms with Crippen molar-refractivity contribution in [2.24, 2.45) is 0 Å². The number of nitrogens with one attached hydrogen (secondary N) is 1. The zero-order valence-corrected chi connectivity index (χ0v) is 8.53. The Bertz CT molecular complexity index is 388. The van der Waals surface area contributed by atoms with Crippen molar-refractivity contribution in [3.05, 3.63) is 23.5 Å². The maximum atomic E-state index is 8.87. The van der Waals surface area contributed by atoms with Crippen LogP contribution in [0, 0.1) is 11.3 Å². The molecule has 0 spiro atoms. The minimum atomic E-state index is 0.354. The summed E-state index contributed by atoms with van der Waals surface area (Å²) < 4.78 is 0. The molecule has 1 aliphatic heterocycles. The molecule has 1 unspecified atom stereocenters. The second kappa shape index (κ2) is 4.28. The number of hydrogen-bond donors (Lipinski definition) is 2. The second-order valence-electron chi connectivity index (χ2n) is 3.81. The lowest BCUT2D eigenvalue weighted by Gasteiger charge is -2.23. The average Bonchev–Trinajstić information content (AvgIpc) is 2.30. The van der Waals surface area contributed by atoms with E-state index in [1.165, 1.54) is 0 Å². The fraction of sp³-hybridized carbons (Fsp3) is 0.455. The maximum Gasteiger partial charge on any atom is 0.101 e. The highest BCUT2D eigenvalue weighted by Gasteiger charge is 2.19. The molecule has 78 valence electrons. The molecule has 15 heavy (non-hydrogen) atoms. The Balaban J connectivity index is 2.31. The number of hydrogen-bond acceptors (Lipinski definition) is 4. The van der Waals surface area contributed by atoms with Crippen LogP contribution in [0.25, 0.3) is 0 Å². The zero-order valence-electron chi connectivity index (χ0n) is 8.53. The second-order valence-corrected chi connectivity index (χ2v) is 3.81. The van der Waals surface area contributed by atoms with Crippen LogP contribution in [-0.4, -0.2) is 18.1 Å². The van der Waals surface area contributed by atoms with E-state index in [2.05, 4.69) is 16.4 Å². The third kappa shape index (κ3) is 1.92. The molecule has 1 saturated heterocycles. The molecule has 2 rings (SSSR count). The Morgan fingerprint density at radius 3 is 3.13 bits per heavy atom. The van der Waals surface area contributed by atoms with Crippen LogP contribution in [0.3, 0.4) is 0 Å². The van der Waals surface area contributed by atoms with Gasteiger partial charge in [0.25, 0.3) is 0 Å². The Morgan fingerprint density at radius 2 is 2.47 bits per heavy atom. The molecule has 1 atom stereocenters. The molecule has 0 amide bonds. The van der Waals surface area contributed by atoms with Gasteiger partial charge in [0, 0.05) is 18.7 Å². The Morgan fingerprint density at radius 1 is 1.60 bits per heavy atom. The summed E-state index contributed by atoms with van der Waals surface area (Å²) in [6.45, 7) is 1.97. The van der Waals surface area contributed by atoms with Gasteiger partial charge in [-0.2, -0.15) is 5.26 Å². The molecule has 0 saturated carbocycles. The first-order valence-corrected chi connectivity index (χ1v) is 5.18. The highest BCUT2D eigenvalue weighted by atomic mass is 14.9. The van der Waals surface area contributed by atoms with Gasteiger partial charge in [0.2, 0.25) is 0 Å². The molecule has 4 heteroatoms. The molecule has 3 N–H and O–H groups in total. The molecule has 2 heterocycles. The van der Waals surface area contributed by atoms with Gasteiger partial charge in [-0.3, -0.25) is 4.98 Å². The first-order valence-electron chi connectivity index (χ1n) is 5.18. The van der Waals surface area contributed by atoms with E-state index in [4.69, 9.17) is 11.0 Å². The molecule has 4 nitrogen and oxygen atoms in total. The monoisotopic (exact) mass is 202 g/mol. The number of piperidine rings is 1. The van der Waals surface area contributed by atoms with Gasteiger partial charge in [-0.25, -0.2) is 0 Å². The van der Waals surface area contributed by atoms with Gasteiger partial charge in [0.05, 0.1) is 16.9 Å². The van der Waals surface area contributed by atoms with Crippen molar-refractivity contribution in [2.75, 3.05) is 18.8 Å². The van der Waals surface area contributed by atoms with Crippen LogP contribution in [0.5, 0.6) is 0 Å². The van der Waals surface area contributed by atoms with E-state index < -0.39 is 0 Å². The first kappa shape index (κ1) is 9.94. The number of nitrogen functional groups attached to an aromatic ring is 1. The van der Waals surface area contributed by atoms with Gasteiger partial charge < -0.3 is 11.1 Å². The van der Waals surface area contributed by atoms with Crippen LogP contribution in [-0.2, 0) is 0 Å². The van der Waals surface area contributed by atoms with Crippen LogP contribution in [0.1, 0.15) is 30.0 Å². The fourth-order valence-corrected chi connectivity index (χ4v) is 2.00. The van der Waals surface area contributed by atoms with Crippen LogP contribution >= 0.6 is 0 Å². The molecule has 0 aliphatic carbocycles. The van der Waals surface area contributed by atoms with E-state index in [1.807, 2.05) is 0 Å². The van der Waals surface area contributed by atoms with E-state index in [1.54, 1.807) is 12.3 Å². The zero-order chi connectivity index (χ0) is 10.7.